The number of ether oxygens (including phenoxy) is 1. The summed E-state index contributed by atoms with van der Waals surface area (Å²) in [6, 6.07) is 5.09. The molecule has 0 bridgehead atoms. The first kappa shape index (κ1) is 13.8. The van der Waals surface area contributed by atoms with Crippen molar-refractivity contribution >= 4 is 11.3 Å². The number of hydrogen-bond acceptors (Lipinski definition) is 4. The lowest BCUT2D eigenvalue weighted by atomic mass is 10.1. The van der Waals surface area contributed by atoms with Gasteiger partial charge in [0.2, 0.25) is 0 Å². The Balaban J connectivity index is 2.39. The molecule has 0 fully saturated rings. The summed E-state index contributed by atoms with van der Waals surface area (Å²) in [5.74, 6) is 0.617. The number of nitrogens with zero attached hydrogens (tertiary/aromatic N) is 1. The summed E-state index contributed by atoms with van der Waals surface area (Å²) in [7, 11) is 1.52. The molecule has 19 heavy (non-hydrogen) atoms. The van der Waals surface area contributed by atoms with Gasteiger partial charge in [0.1, 0.15) is 5.75 Å². The van der Waals surface area contributed by atoms with Gasteiger partial charge in [-0.05, 0) is 23.8 Å². The number of nitrogens with two attached hydrogens (primary N) is 1. The van der Waals surface area contributed by atoms with Gasteiger partial charge in [0.05, 0.1) is 12.0 Å². The van der Waals surface area contributed by atoms with Gasteiger partial charge in [-0.15, -0.1) is 11.3 Å². The van der Waals surface area contributed by atoms with E-state index in [1.807, 2.05) is 0 Å². The molecule has 0 radical (unpaired) electrons. The molecule has 1 aromatic heterocycles. The van der Waals surface area contributed by atoms with Crippen molar-refractivity contribution in [3.8, 4) is 16.2 Å². The van der Waals surface area contributed by atoms with E-state index in [9.17, 15) is 13.2 Å². The second-order valence-electron chi connectivity index (χ2n) is 3.76. The Morgan fingerprint density at radius 3 is 2.63 bits per heavy atom. The van der Waals surface area contributed by atoms with Crippen molar-refractivity contribution in [3.63, 3.8) is 0 Å². The van der Waals surface area contributed by atoms with E-state index in [1.165, 1.54) is 13.3 Å². The molecule has 2 aromatic rings. The fourth-order valence-electron chi connectivity index (χ4n) is 1.63. The van der Waals surface area contributed by atoms with Crippen LogP contribution >= 0.6 is 11.3 Å². The van der Waals surface area contributed by atoms with Gasteiger partial charge < -0.3 is 10.5 Å². The van der Waals surface area contributed by atoms with Crippen LogP contribution in [0.1, 0.15) is 10.6 Å². The lowest BCUT2D eigenvalue weighted by Gasteiger charge is -2.07. The van der Waals surface area contributed by atoms with Crippen molar-refractivity contribution in [1.82, 2.24) is 4.98 Å². The molecule has 0 aliphatic rings. The Labute approximate surface area is 111 Å². The minimum absolute atomic E-state index is 0.252. The van der Waals surface area contributed by atoms with Gasteiger partial charge in [0, 0.05) is 18.3 Å². The smallest absolute Gasteiger partial charge is 0.443 e. The van der Waals surface area contributed by atoms with E-state index in [4.69, 9.17) is 10.5 Å². The monoisotopic (exact) mass is 288 g/mol. The van der Waals surface area contributed by atoms with Crippen LogP contribution in [-0.2, 0) is 12.7 Å². The Hall–Kier alpha value is -1.60. The summed E-state index contributed by atoms with van der Waals surface area (Å²) in [4.78, 5) is 3.84. The maximum atomic E-state index is 12.5. The fourth-order valence-corrected chi connectivity index (χ4v) is 2.41. The van der Waals surface area contributed by atoms with Crippen LogP contribution in [-0.4, -0.2) is 12.1 Å². The van der Waals surface area contributed by atoms with Crippen LogP contribution in [0.4, 0.5) is 13.2 Å². The van der Waals surface area contributed by atoms with E-state index >= 15 is 0 Å². The third kappa shape index (κ3) is 2.87. The number of methoxy groups -OCH3 is 1. The molecule has 0 aliphatic carbocycles. The lowest BCUT2D eigenvalue weighted by Crippen LogP contribution is -2.02. The summed E-state index contributed by atoms with van der Waals surface area (Å²) in [6.45, 7) is 0.252. The van der Waals surface area contributed by atoms with Crippen LogP contribution in [0.3, 0.4) is 0 Å². The van der Waals surface area contributed by atoms with Crippen molar-refractivity contribution in [3.05, 3.63) is 35.0 Å². The fraction of sp³-hybridized carbons (Fsp3) is 0.250. The quantitative estimate of drug-likeness (QED) is 0.942. The second-order valence-corrected chi connectivity index (χ2v) is 4.79. The number of benzene rings is 1. The van der Waals surface area contributed by atoms with Gasteiger partial charge in [-0.3, -0.25) is 0 Å². The minimum Gasteiger partial charge on any atom is -0.496 e. The van der Waals surface area contributed by atoms with Crippen LogP contribution in [0.2, 0.25) is 0 Å². The minimum atomic E-state index is -4.41. The largest absolute Gasteiger partial charge is 0.496 e. The van der Waals surface area contributed by atoms with E-state index in [0.717, 1.165) is 5.56 Å². The number of halogens is 3. The number of aromatic nitrogens is 1. The van der Waals surface area contributed by atoms with Crippen LogP contribution in [0.5, 0.6) is 5.75 Å². The maximum absolute atomic E-state index is 12.5. The molecule has 0 saturated carbocycles. The normalized spacial score (nSPS) is 11.6. The first-order valence-corrected chi connectivity index (χ1v) is 6.17. The summed E-state index contributed by atoms with van der Waals surface area (Å²) >= 11 is 0.608. The van der Waals surface area contributed by atoms with Gasteiger partial charge in [-0.25, -0.2) is 4.98 Å². The molecule has 3 nitrogen and oxygen atoms in total. The topological polar surface area (TPSA) is 48.1 Å². The molecule has 102 valence electrons. The number of thiazole rings is 1. The molecule has 1 heterocycles. The third-order valence-electron chi connectivity index (χ3n) is 2.53. The van der Waals surface area contributed by atoms with Gasteiger partial charge in [-0.1, -0.05) is 0 Å². The van der Waals surface area contributed by atoms with Gasteiger partial charge in [0.15, 0.2) is 5.01 Å². The average molecular weight is 288 g/mol. The van der Waals surface area contributed by atoms with E-state index in [-0.39, 0.29) is 6.54 Å². The van der Waals surface area contributed by atoms with E-state index < -0.39 is 11.2 Å². The zero-order valence-corrected chi connectivity index (χ0v) is 10.8. The molecular formula is C12H11F3N2OS. The van der Waals surface area contributed by atoms with E-state index in [1.54, 1.807) is 18.2 Å². The highest BCUT2D eigenvalue weighted by molar-refractivity contribution is 7.15. The molecule has 0 saturated heterocycles. The molecule has 2 N–H and O–H groups in total. The highest BCUT2D eigenvalue weighted by atomic mass is 32.1. The number of alkyl halides is 3. The molecule has 0 spiro atoms. The average Bonchev–Trinajstić information content (AvgIpc) is 2.87. The number of rotatable bonds is 3. The van der Waals surface area contributed by atoms with Crippen molar-refractivity contribution in [2.45, 2.75) is 12.7 Å². The van der Waals surface area contributed by atoms with Crippen LogP contribution in [0.25, 0.3) is 10.4 Å². The Kier molecular flexibility index (Phi) is 3.77. The summed E-state index contributed by atoms with van der Waals surface area (Å²) in [5.41, 5.74) is 6.96. The van der Waals surface area contributed by atoms with Crippen molar-refractivity contribution in [1.29, 1.82) is 0 Å². The first-order chi connectivity index (χ1) is 8.95. The molecule has 7 heteroatoms. The molecule has 0 atom stereocenters. The predicted molar refractivity (Wildman–Crippen MR) is 67.0 cm³/mol. The van der Waals surface area contributed by atoms with Crippen LogP contribution < -0.4 is 10.5 Å². The van der Waals surface area contributed by atoms with Crippen LogP contribution in [0, 0.1) is 0 Å². The molecule has 0 unspecified atom stereocenters. The van der Waals surface area contributed by atoms with E-state index in [2.05, 4.69) is 4.98 Å². The Bertz CT molecular complexity index is 581. The first-order valence-electron chi connectivity index (χ1n) is 5.36. The number of hydrogen-bond donors (Lipinski definition) is 1. The molecule has 0 amide bonds. The Morgan fingerprint density at radius 1 is 1.37 bits per heavy atom. The standard InChI is InChI=1S/C12H11F3N2OS/c1-18-9-3-2-7(4-8(9)5-16)10-6-17-11(19-10)12(13,14)15/h2-4,6H,5,16H2,1H3. The van der Waals surface area contributed by atoms with Crippen molar-refractivity contribution in [2.24, 2.45) is 5.73 Å². The summed E-state index contributed by atoms with van der Waals surface area (Å²) in [6.07, 6.45) is -3.19. The maximum Gasteiger partial charge on any atom is 0.443 e. The predicted octanol–water partition coefficient (Wildman–Crippen LogP) is 3.30. The van der Waals surface area contributed by atoms with Gasteiger partial charge >= 0.3 is 6.18 Å². The zero-order chi connectivity index (χ0) is 14.0. The van der Waals surface area contributed by atoms with Crippen molar-refractivity contribution < 1.29 is 17.9 Å². The summed E-state index contributed by atoms with van der Waals surface area (Å²) in [5, 5.41) is -0.854. The highest BCUT2D eigenvalue weighted by Gasteiger charge is 2.34. The molecule has 2 rings (SSSR count). The highest BCUT2D eigenvalue weighted by Crippen LogP contribution is 2.37. The zero-order valence-electron chi connectivity index (χ0n) is 9.99. The van der Waals surface area contributed by atoms with E-state index in [0.29, 0.717) is 27.5 Å². The molecule has 1 aromatic carbocycles. The second kappa shape index (κ2) is 5.18. The van der Waals surface area contributed by atoms with Crippen LogP contribution in [0.15, 0.2) is 24.4 Å². The molecular weight excluding hydrogens is 277 g/mol. The Morgan fingerprint density at radius 2 is 2.11 bits per heavy atom. The summed E-state index contributed by atoms with van der Waals surface area (Å²) < 4.78 is 42.6. The van der Waals surface area contributed by atoms with Gasteiger partial charge in [-0.2, -0.15) is 13.2 Å². The van der Waals surface area contributed by atoms with Crippen molar-refractivity contribution in [2.75, 3.05) is 7.11 Å². The third-order valence-corrected chi connectivity index (χ3v) is 3.62. The molecule has 0 aliphatic heterocycles. The van der Waals surface area contributed by atoms with Gasteiger partial charge in [0.25, 0.3) is 0 Å². The SMILES string of the molecule is COc1ccc(-c2cnc(C(F)(F)F)s2)cc1CN. The lowest BCUT2D eigenvalue weighted by molar-refractivity contribution is -0.137.